The first-order chi connectivity index (χ1) is 17.6. The van der Waals surface area contributed by atoms with Gasteiger partial charge in [0.05, 0.1) is 32.4 Å². The van der Waals surface area contributed by atoms with Crippen molar-refractivity contribution in [3.8, 4) is 11.5 Å². The molecule has 0 spiro atoms. The molecule has 1 fully saturated rings. The monoisotopic (exact) mass is 487 g/mol. The predicted molar refractivity (Wildman–Crippen MR) is 138 cm³/mol. The summed E-state index contributed by atoms with van der Waals surface area (Å²) in [5.41, 5.74) is 3.96. The number of amides is 2. The molecule has 36 heavy (non-hydrogen) atoms. The Labute approximate surface area is 212 Å². The highest BCUT2D eigenvalue weighted by Gasteiger charge is 2.40. The molecule has 0 bridgehead atoms. The smallest absolute Gasteiger partial charge is 0.247 e. The van der Waals surface area contributed by atoms with E-state index in [1.54, 1.807) is 19.2 Å². The Bertz CT molecular complexity index is 1190. The second kappa shape index (κ2) is 10.6. The van der Waals surface area contributed by atoms with Crippen LogP contribution in [0.3, 0.4) is 0 Å². The number of piperidine rings is 1. The summed E-state index contributed by atoms with van der Waals surface area (Å²) >= 11 is 0. The molecule has 0 aromatic heterocycles. The third-order valence-corrected chi connectivity index (χ3v) is 7.41. The van der Waals surface area contributed by atoms with Gasteiger partial charge in [0.15, 0.2) is 11.5 Å². The SMILES string of the molecule is COc1ccc(C2=NN(Cc3ccc(CN4CCCCC4=O)cc3)C(=O)C3CC=CCC23)cc1OC. The van der Waals surface area contributed by atoms with Crippen LogP contribution in [0.1, 0.15) is 48.8 Å². The Morgan fingerprint density at radius 2 is 1.56 bits per heavy atom. The van der Waals surface area contributed by atoms with E-state index in [-0.39, 0.29) is 23.7 Å². The van der Waals surface area contributed by atoms with E-state index in [0.29, 0.717) is 31.0 Å². The molecule has 2 aromatic rings. The van der Waals surface area contributed by atoms with E-state index < -0.39 is 0 Å². The van der Waals surface area contributed by atoms with Gasteiger partial charge < -0.3 is 14.4 Å². The molecule has 7 heteroatoms. The number of nitrogens with zero attached hydrogens (tertiary/aromatic N) is 3. The van der Waals surface area contributed by atoms with Gasteiger partial charge in [0.2, 0.25) is 11.8 Å². The highest BCUT2D eigenvalue weighted by Crippen LogP contribution is 2.37. The molecule has 188 valence electrons. The van der Waals surface area contributed by atoms with Crippen LogP contribution in [0, 0.1) is 11.8 Å². The van der Waals surface area contributed by atoms with Crippen LogP contribution in [-0.2, 0) is 22.7 Å². The summed E-state index contributed by atoms with van der Waals surface area (Å²) < 4.78 is 10.9. The van der Waals surface area contributed by atoms with Crippen LogP contribution < -0.4 is 9.47 Å². The van der Waals surface area contributed by atoms with Crippen LogP contribution in [0.5, 0.6) is 11.5 Å². The molecule has 2 aromatic carbocycles. The molecule has 0 N–H and O–H groups in total. The zero-order valence-corrected chi connectivity index (χ0v) is 21.0. The molecule has 2 aliphatic heterocycles. The topological polar surface area (TPSA) is 71.4 Å². The first-order valence-electron chi connectivity index (χ1n) is 12.7. The number of ether oxygens (including phenoxy) is 2. The molecule has 5 rings (SSSR count). The number of allylic oxidation sites excluding steroid dienone is 2. The van der Waals surface area contributed by atoms with Gasteiger partial charge in [0.25, 0.3) is 0 Å². The Hall–Kier alpha value is -3.61. The van der Waals surface area contributed by atoms with Crippen LogP contribution in [-0.4, -0.2) is 48.2 Å². The highest BCUT2D eigenvalue weighted by atomic mass is 16.5. The molecule has 7 nitrogen and oxygen atoms in total. The van der Waals surface area contributed by atoms with Gasteiger partial charge in [-0.05, 0) is 55.0 Å². The molecule has 1 aliphatic carbocycles. The van der Waals surface area contributed by atoms with Gasteiger partial charge in [-0.3, -0.25) is 9.59 Å². The van der Waals surface area contributed by atoms with Crippen molar-refractivity contribution in [2.75, 3.05) is 20.8 Å². The van der Waals surface area contributed by atoms with E-state index >= 15 is 0 Å². The van der Waals surface area contributed by atoms with Gasteiger partial charge >= 0.3 is 0 Å². The van der Waals surface area contributed by atoms with Crippen LogP contribution >= 0.6 is 0 Å². The lowest BCUT2D eigenvalue weighted by molar-refractivity contribution is -0.138. The number of fused-ring (bicyclic) bond motifs is 1. The van der Waals surface area contributed by atoms with E-state index in [4.69, 9.17) is 14.6 Å². The quantitative estimate of drug-likeness (QED) is 0.538. The molecule has 2 amide bonds. The first-order valence-corrected chi connectivity index (χ1v) is 12.7. The molecule has 1 saturated heterocycles. The predicted octanol–water partition coefficient (Wildman–Crippen LogP) is 4.55. The minimum atomic E-state index is -0.125. The third-order valence-electron chi connectivity index (χ3n) is 7.41. The lowest BCUT2D eigenvalue weighted by atomic mass is 9.76. The number of rotatable bonds is 7. The third kappa shape index (κ3) is 4.87. The number of carbonyl (C=O) groups excluding carboxylic acids is 2. The first kappa shape index (κ1) is 24.1. The Morgan fingerprint density at radius 3 is 2.25 bits per heavy atom. The number of hydrogen-bond donors (Lipinski definition) is 0. The number of hydrogen-bond acceptors (Lipinski definition) is 5. The van der Waals surface area contributed by atoms with Crippen molar-refractivity contribution in [1.29, 1.82) is 0 Å². The standard InChI is InChI=1S/C29H33N3O4/c1-35-25-15-14-22(17-26(25)36-2)28-23-7-3-4-8-24(23)29(34)32(30-28)19-21-12-10-20(11-13-21)18-31-16-6-5-9-27(31)33/h3-4,10-15,17,23-24H,5-9,16,18-19H2,1-2H3. The van der Waals surface area contributed by atoms with Gasteiger partial charge in [0.1, 0.15) is 0 Å². The number of carbonyl (C=O) groups is 2. The molecular formula is C29H33N3O4. The van der Waals surface area contributed by atoms with Gasteiger partial charge in [-0.2, -0.15) is 5.10 Å². The minimum Gasteiger partial charge on any atom is -0.493 e. The maximum Gasteiger partial charge on any atom is 0.247 e. The maximum absolute atomic E-state index is 13.4. The fraction of sp³-hybridized carbons (Fsp3) is 0.414. The van der Waals surface area contributed by atoms with Crippen molar-refractivity contribution >= 4 is 17.5 Å². The largest absolute Gasteiger partial charge is 0.493 e. The molecule has 0 saturated carbocycles. The van der Waals surface area contributed by atoms with Crippen LogP contribution in [0.15, 0.2) is 59.7 Å². The van der Waals surface area contributed by atoms with Crippen molar-refractivity contribution in [3.63, 3.8) is 0 Å². The average molecular weight is 488 g/mol. The molecule has 2 unspecified atom stereocenters. The minimum absolute atomic E-state index is 0.0429. The van der Waals surface area contributed by atoms with Gasteiger partial charge in [-0.1, -0.05) is 36.4 Å². The van der Waals surface area contributed by atoms with Crippen molar-refractivity contribution in [3.05, 3.63) is 71.3 Å². The van der Waals surface area contributed by atoms with Gasteiger partial charge in [0, 0.05) is 31.0 Å². The van der Waals surface area contributed by atoms with Gasteiger partial charge in [-0.15, -0.1) is 0 Å². The normalized spacial score (nSPS) is 21.8. The average Bonchev–Trinajstić information content (AvgIpc) is 2.92. The fourth-order valence-corrected chi connectivity index (χ4v) is 5.39. The van der Waals surface area contributed by atoms with Crippen molar-refractivity contribution in [2.45, 2.75) is 45.2 Å². The summed E-state index contributed by atoms with van der Waals surface area (Å²) in [5.74, 6) is 1.53. The number of hydrazone groups is 1. The number of methoxy groups -OCH3 is 2. The number of benzene rings is 2. The molecule has 2 heterocycles. The maximum atomic E-state index is 13.4. The van der Waals surface area contributed by atoms with E-state index in [0.717, 1.165) is 54.6 Å². The molecule has 3 aliphatic rings. The van der Waals surface area contributed by atoms with Crippen molar-refractivity contribution in [2.24, 2.45) is 16.9 Å². The number of likely N-dealkylation sites (tertiary alicyclic amines) is 1. The molecule has 2 atom stereocenters. The van der Waals surface area contributed by atoms with Crippen LogP contribution in [0.4, 0.5) is 0 Å². The van der Waals surface area contributed by atoms with E-state index in [2.05, 4.69) is 24.3 Å². The zero-order chi connectivity index (χ0) is 25.1. The summed E-state index contributed by atoms with van der Waals surface area (Å²) in [7, 11) is 3.24. The lowest BCUT2D eigenvalue weighted by Crippen LogP contribution is -2.45. The van der Waals surface area contributed by atoms with Crippen molar-refractivity contribution in [1.82, 2.24) is 9.91 Å². The van der Waals surface area contributed by atoms with E-state index in [1.165, 1.54) is 0 Å². The van der Waals surface area contributed by atoms with E-state index in [9.17, 15) is 9.59 Å². The summed E-state index contributed by atoms with van der Waals surface area (Å²) in [5, 5.41) is 6.51. The van der Waals surface area contributed by atoms with Crippen LogP contribution in [0.25, 0.3) is 0 Å². The Balaban J connectivity index is 1.38. The van der Waals surface area contributed by atoms with E-state index in [1.807, 2.05) is 35.2 Å². The van der Waals surface area contributed by atoms with Gasteiger partial charge in [-0.25, -0.2) is 5.01 Å². The summed E-state index contributed by atoms with van der Waals surface area (Å²) in [6.45, 7) is 1.87. The zero-order valence-electron chi connectivity index (χ0n) is 21.0. The fourth-order valence-electron chi connectivity index (χ4n) is 5.39. The summed E-state index contributed by atoms with van der Waals surface area (Å²) in [6, 6.07) is 14.0. The second-order valence-electron chi connectivity index (χ2n) is 9.70. The molecular weight excluding hydrogens is 454 g/mol. The van der Waals surface area contributed by atoms with Crippen molar-refractivity contribution < 1.29 is 19.1 Å². The Morgan fingerprint density at radius 1 is 0.861 bits per heavy atom. The summed E-state index contributed by atoms with van der Waals surface area (Å²) in [4.78, 5) is 27.5. The molecule has 0 radical (unpaired) electrons. The van der Waals surface area contributed by atoms with Crippen LogP contribution in [0.2, 0.25) is 0 Å². The lowest BCUT2D eigenvalue weighted by Gasteiger charge is -2.37. The highest BCUT2D eigenvalue weighted by molar-refractivity contribution is 6.07. The second-order valence-corrected chi connectivity index (χ2v) is 9.70. The Kier molecular flexibility index (Phi) is 7.07. The summed E-state index contributed by atoms with van der Waals surface area (Å²) in [6.07, 6.45) is 8.46.